The van der Waals surface area contributed by atoms with Crippen LogP contribution in [0.2, 0.25) is 0 Å². The molecule has 0 fully saturated rings. The first-order chi connectivity index (χ1) is 10.7. The standard InChI is InChI=1S/C18H20N2O2/c1-3-15-12-20(16-9-4-5-10-17(16)22-15)18(21)19-14-8-6-7-13(2)11-14/h4-11,15H,3,12H2,1-2H3,(H,19,21)/t15-/m1/s1. The highest BCUT2D eigenvalue weighted by Crippen LogP contribution is 2.34. The summed E-state index contributed by atoms with van der Waals surface area (Å²) in [5, 5.41) is 2.97. The number of urea groups is 1. The topological polar surface area (TPSA) is 41.6 Å². The molecule has 1 aliphatic rings. The van der Waals surface area contributed by atoms with E-state index in [1.807, 2.05) is 55.5 Å². The molecule has 0 saturated heterocycles. The lowest BCUT2D eigenvalue weighted by atomic mass is 10.1. The molecule has 22 heavy (non-hydrogen) atoms. The van der Waals surface area contributed by atoms with E-state index in [2.05, 4.69) is 12.2 Å². The third kappa shape index (κ3) is 2.91. The summed E-state index contributed by atoms with van der Waals surface area (Å²) in [6, 6.07) is 15.3. The Kier molecular flexibility index (Phi) is 4.00. The molecule has 0 saturated carbocycles. The van der Waals surface area contributed by atoms with Gasteiger partial charge in [0, 0.05) is 5.69 Å². The zero-order valence-corrected chi connectivity index (χ0v) is 12.9. The number of aryl methyl sites for hydroxylation is 1. The predicted octanol–water partition coefficient (Wildman–Crippen LogP) is 4.20. The molecule has 2 aromatic carbocycles. The number of anilines is 2. The molecule has 0 bridgehead atoms. The number of nitrogens with zero attached hydrogens (tertiary/aromatic N) is 1. The molecule has 1 N–H and O–H groups in total. The summed E-state index contributed by atoms with van der Waals surface area (Å²) < 4.78 is 5.91. The minimum Gasteiger partial charge on any atom is -0.486 e. The van der Waals surface area contributed by atoms with Crippen LogP contribution in [-0.4, -0.2) is 18.7 Å². The van der Waals surface area contributed by atoms with Crippen LogP contribution in [0.1, 0.15) is 18.9 Å². The highest BCUT2D eigenvalue weighted by atomic mass is 16.5. The number of ether oxygens (including phenoxy) is 1. The molecule has 0 unspecified atom stereocenters. The first kappa shape index (κ1) is 14.4. The van der Waals surface area contributed by atoms with Crippen molar-refractivity contribution in [3.05, 3.63) is 54.1 Å². The molecular formula is C18H20N2O2. The second-order valence-corrected chi connectivity index (χ2v) is 5.53. The normalized spacial score (nSPS) is 16.6. The first-order valence-corrected chi connectivity index (χ1v) is 7.58. The molecule has 114 valence electrons. The van der Waals surface area contributed by atoms with Gasteiger partial charge in [0.25, 0.3) is 0 Å². The number of amides is 2. The lowest BCUT2D eigenvalue weighted by Gasteiger charge is -2.34. The molecular weight excluding hydrogens is 276 g/mol. The van der Waals surface area contributed by atoms with E-state index in [4.69, 9.17) is 4.74 Å². The summed E-state index contributed by atoms with van der Waals surface area (Å²) >= 11 is 0. The van der Waals surface area contributed by atoms with Gasteiger partial charge in [0.15, 0.2) is 0 Å². The van der Waals surface area contributed by atoms with Crippen molar-refractivity contribution in [2.45, 2.75) is 26.4 Å². The largest absolute Gasteiger partial charge is 0.486 e. The Balaban J connectivity index is 1.85. The molecule has 1 aliphatic heterocycles. The molecule has 4 nitrogen and oxygen atoms in total. The Hall–Kier alpha value is -2.49. The summed E-state index contributed by atoms with van der Waals surface area (Å²) in [7, 11) is 0. The molecule has 2 amide bonds. The van der Waals surface area contributed by atoms with Crippen molar-refractivity contribution >= 4 is 17.4 Å². The predicted molar refractivity (Wildman–Crippen MR) is 88.7 cm³/mol. The van der Waals surface area contributed by atoms with Crippen LogP contribution in [0.15, 0.2) is 48.5 Å². The van der Waals surface area contributed by atoms with E-state index >= 15 is 0 Å². The van der Waals surface area contributed by atoms with Crippen LogP contribution < -0.4 is 15.0 Å². The van der Waals surface area contributed by atoms with Gasteiger partial charge >= 0.3 is 6.03 Å². The number of hydrogen-bond donors (Lipinski definition) is 1. The van der Waals surface area contributed by atoms with E-state index < -0.39 is 0 Å². The van der Waals surface area contributed by atoms with Crippen LogP contribution in [0.4, 0.5) is 16.2 Å². The fraction of sp³-hybridized carbons (Fsp3) is 0.278. The summed E-state index contributed by atoms with van der Waals surface area (Å²) in [6.07, 6.45) is 0.890. The van der Waals surface area contributed by atoms with Gasteiger partial charge in [-0.15, -0.1) is 0 Å². The van der Waals surface area contributed by atoms with E-state index in [1.165, 1.54) is 0 Å². The van der Waals surface area contributed by atoms with Crippen molar-refractivity contribution in [3.63, 3.8) is 0 Å². The second kappa shape index (κ2) is 6.10. The number of rotatable bonds is 2. The number of hydrogen-bond acceptors (Lipinski definition) is 2. The summed E-state index contributed by atoms with van der Waals surface area (Å²) in [6.45, 7) is 4.63. The monoisotopic (exact) mass is 296 g/mol. The fourth-order valence-corrected chi connectivity index (χ4v) is 2.62. The highest BCUT2D eigenvalue weighted by Gasteiger charge is 2.28. The molecule has 0 aromatic heterocycles. The van der Waals surface area contributed by atoms with Crippen molar-refractivity contribution in [3.8, 4) is 5.75 Å². The SMILES string of the molecule is CC[C@@H]1CN(C(=O)Nc2cccc(C)c2)c2ccccc2O1. The van der Waals surface area contributed by atoms with Crippen molar-refractivity contribution in [2.24, 2.45) is 0 Å². The Labute approximate surface area is 130 Å². The lowest BCUT2D eigenvalue weighted by Crippen LogP contribution is -2.45. The Morgan fingerprint density at radius 3 is 2.86 bits per heavy atom. The van der Waals surface area contributed by atoms with Crippen LogP contribution in [0.5, 0.6) is 5.75 Å². The number of carbonyl (C=O) groups is 1. The van der Waals surface area contributed by atoms with Crippen LogP contribution >= 0.6 is 0 Å². The molecule has 1 heterocycles. The average Bonchev–Trinajstić information content (AvgIpc) is 2.53. The molecule has 3 rings (SSSR count). The first-order valence-electron chi connectivity index (χ1n) is 7.58. The Bertz CT molecular complexity index is 684. The van der Waals surface area contributed by atoms with Gasteiger partial charge in [-0.25, -0.2) is 4.79 Å². The van der Waals surface area contributed by atoms with Crippen molar-refractivity contribution < 1.29 is 9.53 Å². The van der Waals surface area contributed by atoms with E-state index in [0.717, 1.165) is 29.1 Å². The lowest BCUT2D eigenvalue weighted by molar-refractivity contribution is 0.188. The van der Waals surface area contributed by atoms with Crippen LogP contribution in [0.25, 0.3) is 0 Å². The van der Waals surface area contributed by atoms with E-state index in [0.29, 0.717) is 6.54 Å². The number of benzene rings is 2. The number of carbonyl (C=O) groups excluding carboxylic acids is 1. The fourth-order valence-electron chi connectivity index (χ4n) is 2.62. The quantitative estimate of drug-likeness (QED) is 0.902. The van der Waals surface area contributed by atoms with Gasteiger partial charge in [-0.1, -0.05) is 31.2 Å². The van der Waals surface area contributed by atoms with Crippen molar-refractivity contribution in [1.29, 1.82) is 0 Å². The summed E-state index contributed by atoms with van der Waals surface area (Å²) in [5.41, 5.74) is 2.74. The number of nitrogens with one attached hydrogen (secondary N) is 1. The molecule has 1 atom stereocenters. The van der Waals surface area contributed by atoms with Crippen LogP contribution in [-0.2, 0) is 0 Å². The minimum absolute atomic E-state index is 0.0261. The Morgan fingerprint density at radius 1 is 1.27 bits per heavy atom. The van der Waals surface area contributed by atoms with Gasteiger partial charge in [0.05, 0.1) is 12.2 Å². The molecule has 0 aliphatic carbocycles. The van der Waals surface area contributed by atoms with Gasteiger partial charge in [0.1, 0.15) is 11.9 Å². The second-order valence-electron chi connectivity index (χ2n) is 5.53. The van der Waals surface area contributed by atoms with Crippen molar-refractivity contribution in [1.82, 2.24) is 0 Å². The molecule has 4 heteroatoms. The summed E-state index contributed by atoms with van der Waals surface area (Å²) in [4.78, 5) is 14.4. The minimum atomic E-state index is -0.125. The van der Waals surface area contributed by atoms with Crippen LogP contribution in [0.3, 0.4) is 0 Å². The average molecular weight is 296 g/mol. The van der Waals surface area contributed by atoms with Gasteiger partial charge in [-0.2, -0.15) is 0 Å². The maximum atomic E-state index is 12.7. The van der Waals surface area contributed by atoms with E-state index in [1.54, 1.807) is 4.90 Å². The number of para-hydroxylation sites is 2. The summed E-state index contributed by atoms with van der Waals surface area (Å²) in [5.74, 6) is 0.764. The third-order valence-corrected chi connectivity index (χ3v) is 3.81. The molecule has 2 aromatic rings. The van der Waals surface area contributed by atoms with Gasteiger partial charge in [-0.3, -0.25) is 4.90 Å². The van der Waals surface area contributed by atoms with Gasteiger partial charge in [0.2, 0.25) is 0 Å². The van der Waals surface area contributed by atoms with E-state index in [9.17, 15) is 4.79 Å². The Morgan fingerprint density at radius 2 is 2.09 bits per heavy atom. The molecule has 0 spiro atoms. The zero-order valence-electron chi connectivity index (χ0n) is 12.9. The van der Waals surface area contributed by atoms with E-state index in [-0.39, 0.29) is 12.1 Å². The van der Waals surface area contributed by atoms with Crippen molar-refractivity contribution in [2.75, 3.05) is 16.8 Å². The van der Waals surface area contributed by atoms with Gasteiger partial charge < -0.3 is 10.1 Å². The van der Waals surface area contributed by atoms with Crippen LogP contribution in [0, 0.1) is 6.92 Å². The highest BCUT2D eigenvalue weighted by molar-refractivity contribution is 6.03. The zero-order chi connectivity index (χ0) is 15.5. The maximum Gasteiger partial charge on any atom is 0.326 e. The maximum absolute atomic E-state index is 12.7. The smallest absolute Gasteiger partial charge is 0.326 e. The number of fused-ring (bicyclic) bond motifs is 1. The third-order valence-electron chi connectivity index (χ3n) is 3.81. The molecule has 0 radical (unpaired) electrons. The van der Waals surface area contributed by atoms with Gasteiger partial charge in [-0.05, 0) is 43.2 Å².